The molecule has 1 aromatic carbocycles. The lowest BCUT2D eigenvalue weighted by atomic mass is 10.0. The highest BCUT2D eigenvalue weighted by atomic mass is 16.4. The van der Waals surface area contributed by atoms with E-state index in [0.29, 0.717) is 23.6 Å². The zero-order valence-corrected chi connectivity index (χ0v) is 10.9. The Morgan fingerprint density at radius 3 is 2.58 bits per heavy atom. The molecule has 19 heavy (non-hydrogen) atoms. The summed E-state index contributed by atoms with van der Waals surface area (Å²) in [5, 5.41) is 11.8. The van der Waals surface area contributed by atoms with E-state index >= 15 is 0 Å². The molecule has 1 fully saturated rings. The number of carboxylic acids is 1. The monoisotopic (exact) mass is 261 g/mol. The van der Waals surface area contributed by atoms with Crippen molar-refractivity contribution in [1.29, 1.82) is 0 Å². The lowest BCUT2D eigenvalue weighted by Crippen LogP contribution is -2.29. The van der Waals surface area contributed by atoms with Crippen molar-refractivity contribution in [3.05, 3.63) is 35.4 Å². The third-order valence-corrected chi connectivity index (χ3v) is 3.63. The number of carbonyl (C=O) groups is 2. The molecule has 0 radical (unpaired) electrons. The molecular weight excluding hydrogens is 242 g/mol. The molecule has 1 aliphatic rings. The molecule has 2 rings (SSSR count). The van der Waals surface area contributed by atoms with Crippen molar-refractivity contribution < 1.29 is 14.7 Å². The molecule has 2 N–H and O–H groups in total. The normalized spacial score (nSPS) is 15.4. The summed E-state index contributed by atoms with van der Waals surface area (Å²) in [7, 11) is 0. The van der Waals surface area contributed by atoms with Crippen molar-refractivity contribution in [2.75, 3.05) is 6.54 Å². The van der Waals surface area contributed by atoms with Gasteiger partial charge in [-0.05, 0) is 30.4 Å². The minimum absolute atomic E-state index is 0.118. The number of amides is 1. The average Bonchev–Trinajstić information content (AvgIpc) is 2.89. The molecular formula is C15H19NO3. The van der Waals surface area contributed by atoms with Crippen LogP contribution in [-0.2, 0) is 11.2 Å². The first-order chi connectivity index (χ1) is 9.16. The molecule has 0 heterocycles. The quantitative estimate of drug-likeness (QED) is 0.854. The highest BCUT2D eigenvalue weighted by molar-refractivity contribution is 5.96. The van der Waals surface area contributed by atoms with Crippen molar-refractivity contribution in [1.82, 2.24) is 5.32 Å². The summed E-state index contributed by atoms with van der Waals surface area (Å²) in [4.78, 5) is 22.9. The lowest BCUT2D eigenvalue weighted by Gasteiger charge is -2.12. The van der Waals surface area contributed by atoms with Gasteiger partial charge in [0.25, 0.3) is 5.91 Å². The summed E-state index contributed by atoms with van der Waals surface area (Å²) in [5.41, 5.74) is 1.04. The molecule has 0 aliphatic heterocycles. The van der Waals surface area contributed by atoms with Crippen molar-refractivity contribution in [2.24, 2.45) is 5.92 Å². The van der Waals surface area contributed by atoms with Crippen LogP contribution >= 0.6 is 0 Å². The van der Waals surface area contributed by atoms with Crippen LogP contribution in [0.4, 0.5) is 0 Å². The van der Waals surface area contributed by atoms with Gasteiger partial charge in [0.15, 0.2) is 0 Å². The van der Waals surface area contributed by atoms with Crippen molar-refractivity contribution in [2.45, 2.75) is 32.1 Å². The first-order valence-corrected chi connectivity index (χ1v) is 6.74. The number of carbonyl (C=O) groups excluding carboxylic acids is 1. The summed E-state index contributed by atoms with van der Waals surface area (Å²) in [6.07, 6.45) is 4.73. The molecule has 4 heteroatoms. The minimum Gasteiger partial charge on any atom is -0.481 e. The van der Waals surface area contributed by atoms with Gasteiger partial charge in [0.05, 0.1) is 6.42 Å². The van der Waals surface area contributed by atoms with Crippen molar-refractivity contribution in [3.63, 3.8) is 0 Å². The Labute approximate surface area is 112 Å². The van der Waals surface area contributed by atoms with E-state index in [1.807, 2.05) is 0 Å². The third-order valence-electron chi connectivity index (χ3n) is 3.63. The van der Waals surface area contributed by atoms with Crippen molar-refractivity contribution >= 4 is 11.9 Å². The number of benzene rings is 1. The van der Waals surface area contributed by atoms with Gasteiger partial charge in [-0.3, -0.25) is 9.59 Å². The second-order valence-electron chi connectivity index (χ2n) is 5.09. The minimum atomic E-state index is -0.920. The second kappa shape index (κ2) is 6.36. The van der Waals surface area contributed by atoms with E-state index in [0.717, 1.165) is 0 Å². The molecule has 0 atom stereocenters. The number of aliphatic carboxylic acids is 1. The lowest BCUT2D eigenvalue weighted by molar-refractivity contribution is -0.136. The Bertz CT molecular complexity index is 464. The molecule has 0 aromatic heterocycles. The first kappa shape index (κ1) is 13.6. The van der Waals surface area contributed by atoms with Gasteiger partial charge in [0, 0.05) is 12.1 Å². The van der Waals surface area contributed by atoms with Gasteiger partial charge in [-0.1, -0.05) is 31.0 Å². The predicted molar refractivity (Wildman–Crippen MR) is 72.1 cm³/mol. The van der Waals surface area contributed by atoms with E-state index in [1.54, 1.807) is 24.3 Å². The largest absolute Gasteiger partial charge is 0.481 e. The fraction of sp³-hybridized carbons (Fsp3) is 0.467. The predicted octanol–water partition coefficient (Wildman–Crippen LogP) is 2.23. The maximum atomic E-state index is 12.1. The van der Waals surface area contributed by atoms with E-state index in [1.165, 1.54) is 25.7 Å². The fourth-order valence-corrected chi connectivity index (χ4v) is 2.61. The Kier molecular flexibility index (Phi) is 4.55. The summed E-state index contributed by atoms with van der Waals surface area (Å²) in [6, 6.07) is 6.89. The zero-order chi connectivity index (χ0) is 13.7. The van der Waals surface area contributed by atoms with Crippen LogP contribution in [0.2, 0.25) is 0 Å². The van der Waals surface area contributed by atoms with E-state index in [4.69, 9.17) is 5.11 Å². The standard InChI is InChI=1S/C15H19NO3/c17-14(18)9-12-7-3-4-8-13(12)15(19)16-10-11-5-1-2-6-11/h3-4,7-8,11H,1-2,5-6,9-10H2,(H,16,19)(H,17,18). The molecule has 1 saturated carbocycles. The SMILES string of the molecule is O=C(O)Cc1ccccc1C(=O)NCC1CCCC1. The third kappa shape index (κ3) is 3.81. The van der Waals surface area contributed by atoms with Crippen molar-refractivity contribution in [3.8, 4) is 0 Å². The number of nitrogens with one attached hydrogen (secondary N) is 1. The van der Waals surface area contributed by atoms with Crippen LogP contribution in [0.15, 0.2) is 24.3 Å². The summed E-state index contributed by atoms with van der Waals surface area (Å²) >= 11 is 0. The Morgan fingerprint density at radius 1 is 1.21 bits per heavy atom. The Balaban J connectivity index is 1.99. The molecule has 1 amide bonds. The fourth-order valence-electron chi connectivity index (χ4n) is 2.61. The summed E-state index contributed by atoms with van der Waals surface area (Å²) < 4.78 is 0. The maximum Gasteiger partial charge on any atom is 0.307 e. The summed E-state index contributed by atoms with van der Waals surface area (Å²) in [5.74, 6) is -0.504. The van der Waals surface area contributed by atoms with Gasteiger partial charge >= 0.3 is 5.97 Å². The topological polar surface area (TPSA) is 66.4 Å². The Hall–Kier alpha value is -1.84. The zero-order valence-electron chi connectivity index (χ0n) is 10.9. The van der Waals surface area contributed by atoms with Gasteiger partial charge in [0.2, 0.25) is 0 Å². The molecule has 0 spiro atoms. The maximum absolute atomic E-state index is 12.1. The van der Waals surface area contributed by atoms with Crippen LogP contribution in [0, 0.1) is 5.92 Å². The van der Waals surface area contributed by atoms with Gasteiger partial charge in [-0.25, -0.2) is 0 Å². The molecule has 0 saturated heterocycles. The molecule has 1 aliphatic carbocycles. The second-order valence-corrected chi connectivity index (χ2v) is 5.09. The first-order valence-electron chi connectivity index (χ1n) is 6.74. The van der Waals surface area contributed by atoms with Gasteiger partial charge in [-0.15, -0.1) is 0 Å². The van der Waals surface area contributed by atoms with Gasteiger partial charge in [-0.2, -0.15) is 0 Å². The van der Waals surface area contributed by atoms with Crippen LogP contribution in [0.25, 0.3) is 0 Å². The van der Waals surface area contributed by atoms with Crippen LogP contribution in [-0.4, -0.2) is 23.5 Å². The molecule has 0 bridgehead atoms. The number of rotatable bonds is 5. The molecule has 102 valence electrons. The van der Waals surface area contributed by atoms with Gasteiger partial charge < -0.3 is 10.4 Å². The van der Waals surface area contributed by atoms with Gasteiger partial charge in [0.1, 0.15) is 0 Å². The highest BCUT2D eigenvalue weighted by Crippen LogP contribution is 2.23. The number of hydrogen-bond donors (Lipinski definition) is 2. The molecule has 1 aromatic rings. The molecule has 0 unspecified atom stereocenters. The van der Waals surface area contributed by atoms with E-state index in [9.17, 15) is 9.59 Å². The van der Waals surface area contributed by atoms with E-state index < -0.39 is 5.97 Å². The van der Waals surface area contributed by atoms with Crippen LogP contribution in [0.5, 0.6) is 0 Å². The Morgan fingerprint density at radius 2 is 1.89 bits per heavy atom. The molecule has 4 nitrogen and oxygen atoms in total. The van der Waals surface area contributed by atoms with Crippen LogP contribution in [0.1, 0.15) is 41.6 Å². The smallest absolute Gasteiger partial charge is 0.307 e. The number of hydrogen-bond acceptors (Lipinski definition) is 2. The van der Waals surface area contributed by atoms with E-state index in [2.05, 4.69) is 5.32 Å². The summed E-state index contributed by atoms with van der Waals surface area (Å²) in [6.45, 7) is 0.695. The highest BCUT2D eigenvalue weighted by Gasteiger charge is 2.17. The van der Waals surface area contributed by atoms with E-state index in [-0.39, 0.29) is 12.3 Å². The van der Waals surface area contributed by atoms with Crippen LogP contribution in [0.3, 0.4) is 0 Å². The van der Waals surface area contributed by atoms with Crippen LogP contribution < -0.4 is 5.32 Å². The average molecular weight is 261 g/mol. The number of carboxylic acid groups (broad SMARTS) is 1.